The average molecular weight is 163 g/mol. The first-order chi connectivity index (χ1) is 5.72. The van der Waals surface area contributed by atoms with Gasteiger partial charge in [-0.3, -0.25) is 0 Å². The highest BCUT2D eigenvalue weighted by atomic mass is 16.4. The fourth-order valence-electron chi connectivity index (χ4n) is 1.15. The van der Waals surface area contributed by atoms with Gasteiger partial charge in [0.2, 0.25) is 0 Å². The summed E-state index contributed by atoms with van der Waals surface area (Å²) >= 11 is 0. The molecule has 1 aromatic rings. The molecule has 0 saturated heterocycles. The van der Waals surface area contributed by atoms with E-state index in [2.05, 4.69) is 24.2 Å². The summed E-state index contributed by atoms with van der Waals surface area (Å²) in [6.45, 7) is 3.86. The van der Waals surface area contributed by atoms with Crippen molar-refractivity contribution in [2.75, 3.05) is 0 Å². The Morgan fingerprint density at radius 2 is 2.25 bits per heavy atom. The van der Waals surface area contributed by atoms with E-state index in [4.69, 9.17) is 5.21 Å². The van der Waals surface area contributed by atoms with Gasteiger partial charge in [0.1, 0.15) is 0 Å². The van der Waals surface area contributed by atoms with Crippen molar-refractivity contribution in [3.8, 4) is 0 Å². The van der Waals surface area contributed by atoms with Crippen molar-refractivity contribution in [2.24, 2.45) is 5.16 Å². The van der Waals surface area contributed by atoms with Crippen LogP contribution in [0.2, 0.25) is 0 Å². The quantitative estimate of drug-likeness (QED) is 0.405. The van der Waals surface area contributed by atoms with Crippen LogP contribution >= 0.6 is 0 Å². The van der Waals surface area contributed by atoms with Gasteiger partial charge in [-0.2, -0.15) is 0 Å². The first-order valence-corrected chi connectivity index (χ1v) is 3.95. The van der Waals surface area contributed by atoms with Gasteiger partial charge in [0, 0.05) is 6.42 Å². The number of oxime groups is 1. The van der Waals surface area contributed by atoms with Gasteiger partial charge >= 0.3 is 0 Å². The molecular weight excluding hydrogens is 150 g/mol. The van der Waals surface area contributed by atoms with E-state index in [0.717, 1.165) is 12.1 Å². The normalized spacial score (nSPS) is 11.7. The van der Waals surface area contributed by atoms with E-state index < -0.39 is 0 Å². The number of rotatable bonds is 2. The molecule has 1 aromatic carbocycles. The summed E-state index contributed by atoms with van der Waals surface area (Å²) in [7, 11) is 0. The number of nitrogens with zero attached hydrogens (tertiary/aromatic N) is 1. The van der Waals surface area contributed by atoms with E-state index >= 15 is 0 Å². The smallest absolute Gasteiger partial charge is 0.0583 e. The zero-order valence-electron chi connectivity index (χ0n) is 7.41. The standard InChI is InChI=1S/C10H13NO/c1-8-4-3-5-10(6-8)7-9(2)11-12/h3-6,12H,7H2,1-2H3/b11-9+. The molecule has 0 aromatic heterocycles. The van der Waals surface area contributed by atoms with Crippen LogP contribution in [0.5, 0.6) is 0 Å². The van der Waals surface area contributed by atoms with Gasteiger partial charge in [-0.05, 0) is 19.4 Å². The molecule has 12 heavy (non-hydrogen) atoms. The van der Waals surface area contributed by atoms with Crippen molar-refractivity contribution in [3.63, 3.8) is 0 Å². The lowest BCUT2D eigenvalue weighted by Gasteiger charge is -1.99. The van der Waals surface area contributed by atoms with Gasteiger partial charge in [-0.25, -0.2) is 0 Å². The molecule has 0 aliphatic rings. The molecule has 0 unspecified atom stereocenters. The second-order valence-electron chi connectivity index (χ2n) is 3.00. The first kappa shape index (κ1) is 8.78. The summed E-state index contributed by atoms with van der Waals surface area (Å²) < 4.78 is 0. The lowest BCUT2D eigenvalue weighted by molar-refractivity contribution is 0.317. The molecule has 2 heteroatoms. The summed E-state index contributed by atoms with van der Waals surface area (Å²) in [4.78, 5) is 0. The van der Waals surface area contributed by atoms with Crippen molar-refractivity contribution in [3.05, 3.63) is 35.4 Å². The monoisotopic (exact) mass is 163 g/mol. The van der Waals surface area contributed by atoms with Crippen LogP contribution in [0.15, 0.2) is 29.4 Å². The highest BCUT2D eigenvalue weighted by molar-refractivity contribution is 5.83. The molecule has 0 saturated carbocycles. The van der Waals surface area contributed by atoms with E-state index in [1.165, 1.54) is 11.1 Å². The minimum Gasteiger partial charge on any atom is -0.411 e. The van der Waals surface area contributed by atoms with Crippen LogP contribution in [0, 0.1) is 6.92 Å². The lowest BCUT2D eigenvalue weighted by Crippen LogP contribution is -1.97. The topological polar surface area (TPSA) is 32.6 Å². The molecule has 0 spiro atoms. The molecule has 0 fully saturated rings. The van der Waals surface area contributed by atoms with Gasteiger partial charge in [0.05, 0.1) is 5.71 Å². The minimum absolute atomic E-state index is 0.720. The van der Waals surface area contributed by atoms with Gasteiger partial charge in [-0.1, -0.05) is 35.0 Å². The molecule has 64 valence electrons. The summed E-state index contributed by atoms with van der Waals surface area (Å²) in [5.41, 5.74) is 3.16. The van der Waals surface area contributed by atoms with Crippen LogP contribution in [0.3, 0.4) is 0 Å². The third-order valence-corrected chi connectivity index (χ3v) is 1.71. The average Bonchev–Trinajstić information content (AvgIpc) is 2.04. The second-order valence-corrected chi connectivity index (χ2v) is 3.00. The predicted molar refractivity (Wildman–Crippen MR) is 49.8 cm³/mol. The molecular formula is C10H13NO. The molecule has 0 aliphatic carbocycles. The Morgan fingerprint density at radius 1 is 1.50 bits per heavy atom. The Labute approximate surface area is 72.5 Å². The molecule has 2 nitrogen and oxygen atoms in total. The zero-order valence-corrected chi connectivity index (χ0v) is 7.41. The van der Waals surface area contributed by atoms with Gasteiger partial charge < -0.3 is 5.21 Å². The van der Waals surface area contributed by atoms with Crippen molar-refractivity contribution < 1.29 is 5.21 Å². The van der Waals surface area contributed by atoms with Gasteiger partial charge in [-0.15, -0.1) is 0 Å². The van der Waals surface area contributed by atoms with Crippen LogP contribution in [0.25, 0.3) is 0 Å². The first-order valence-electron chi connectivity index (χ1n) is 3.95. The number of hydrogen-bond acceptors (Lipinski definition) is 2. The Morgan fingerprint density at radius 3 is 2.83 bits per heavy atom. The van der Waals surface area contributed by atoms with Crippen molar-refractivity contribution in [1.82, 2.24) is 0 Å². The molecule has 1 rings (SSSR count). The van der Waals surface area contributed by atoms with E-state index in [1.54, 1.807) is 0 Å². The fourth-order valence-corrected chi connectivity index (χ4v) is 1.15. The highest BCUT2D eigenvalue weighted by Crippen LogP contribution is 2.05. The molecule has 0 heterocycles. The Balaban J connectivity index is 2.76. The van der Waals surface area contributed by atoms with Crippen LogP contribution in [0.1, 0.15) is 18.1 Å². The van der Waals surface area contributed by atoms with Crippen LogP contribution in [-0.4, -0.2) is 10.9 Å². The van der Waals surface area contributed by atoms with Crippen LogP contribution < -0.4 is 0 Å². The molecule has 0 atom stereocenters. The number of aryl methyl sites for hydroxylation is 1. The zero-order chi connectivity index (χ0) is 8.97. The second kappa shape index (κ2) is 3.90. The van der Waals surface area contributed by atoms with Crippen molar-refractivity contribution in [2.45, 2.75) is 20.3 Å². The van der Waals surface area contributed by atoms with Gasteiger partial charge in [0.15, 0.2) is 0 Å². The summed E-state index contributed by atoms with van der Waals surface area (Å²) in [5, 5.41) is 11.6. The molecule has 0 amide bonds. The molecule has 0 radical (unpaired) electrons. The van der Waals surface area contributed by atoms with E-state index in [0.29, 0.717) is 0 Å². The molecule has 0 bridgehead atoms. The maximum absolute atomic E-state index is 8.45. The minimum atomic E-state index is 0.720. The van der Waals surface area contributed by atoms with E-state index in [1.807, 2.05) is 19.1 Å². The lowest BCUT2D eigenvalue weighted by atomic mass is 10.1. The molecule has 1 N–H and O–H groups in total. The predicted octanol–water partition coefficient (Wildman–Crippen LogP) is 2.39. The SMILES string of the molecule is C/C(Cc1cccc(C)c1)=N\O. The fraction of sp³-hybridized carbons (Fsp3) is 0.300. The third-order valence-electron chi connectivity index (χ3n) is 1.71. The maximum Gasteiger partial charge on any atom is 0.0583 e. The Bertz CT molecular complexity index is 292. The Kier molecular flexibility index (Phi) is 2.86. The van der Waals surface area contributed by atoms with Gasteiger partial charge in [0.25, 0.3) is 0 Å². The third kappa shape index (κ3) is 2.38. The maximum atomic E-state index is 8.45. The Hall–Kier alpha value is -1.31. The molecule has 0 aliphatic heterocycles. The van der Waals surface area contributed by atoms with E-state index in [9.17, 15) is 0 Å². The summed E-state index contributed by atoms with van der Waals surface area (Å²) in [6, 6.07) is 8.18. The largest absolute Gasteiger partial charge is 0.411 e. The summed E-state index contributed by atoms with van der Waals surface area (Å²) in [5.74, 6) is 0. The van der Waals surface area contributed by atoms with E-state index in [-0.39, 0.29) is 0 Å². The highest BCUT2D eigenvalue weighted by Gasteiger charge is 1.95. The van der Waals surface area contributed by atoms with Crippen molar-refractivity contribution >= 4 is 5.71 Å². The van der Waals surface area contributed by atoms with Crippen LogP contribution in [-0.2, 0) is 6.42 Å². The van der Waals surface area contributed by atoms with Crippen LogP contribution in [0.4, 0.5) is 0 Å². The number of hydrogen-bond donors (Lipinski definition) is 1. The summed E-state index contributed by atoms with van der Waals surface area (Å²) in [6.07, 6.45) is 0.720. The number of benzene rings is 1. The van der Waals surface area contributed by atoms with Crippen molar-refractivity contribution in [1.29, 1.82) is 0 Å².